The molecule has 11 aromatic rings. The van der Waals surface area contributed by atoms with Crippen molar-refractivity contribution in [1.82, 2.24) is 0 Å². The molecule has 0 radical (unpaired) electrons. The summed E-state index contributed by atoms with van der Waals surface area (Å²) in [5.41, 5.74) is 6.73. The van der Waals surface area contributed by atoms with Crippen molar-refractivity contribution in [3.05, 3.63) is 158 Å². The zero-order valence-corrected chi connectivity index (χ0v) is 26.6. The summed E-state index contributed by atoms with van der Waals surface area (Å²) in [6.45, 7) is 0. The van der Waals surface area contributed by atoms with Crippen molar-refractivity contribution in [1.29, 1.82) is 0 Å². The molecule has 222 valence electrons. The van der Waals surface area contributed by atoms with E-state index in [0.29, 0.717) is 0 Å². The van der Waals surface area contributed by atoms with Gasteiger partial charge in [0, 0.05) is 36.3 Å². The van der Waals surface area contributed by atoms with Crippen molar-refractivity contribution in [2.45, 2.75) is 0 Å². The molecule has 0 fully saturated rings. The second-order valence-corrected chi connectivity index (χ2v) is 13.8. The van der Waals surface area contributed by atoms with Crippen LogP contribution in [0, 0.1) is 0 Å². The maximum absolute atomic E-state index is 6.57. The molecule has 9 aromatic carbocycles. The highest BCUT2D eigenvalue weighted by Gasteiger charge is 2.18. The van der Waals surface area contributed by atoms with Crippen molar-refractivity contribution < 1.29 is 4.42 Å². The molecule has 0 amide bonds. The topological polar surface area (TPSA) is 13.1 Å². The molecule has 48 heavy (non-hydrogen) atoms. The second-order valence-electron chi connectivity index (χ2n) is 12.8. The van der Waals surface area contributed by atoms with Crippen molar-refractivity contribution in [2.24, 2.45) is 0 Å². The van der Waals surface area contributed by atoms with Gasteiger partial charge in [0.2, 0.25) is 0 Å². The number of rotatable bonds is 2. The van der Waals surface area contributed by atoms with Crippen LogP contribution in [0.2, 0.25) is 0 Å². The Labute approximate surface area is 279 Å². The van der Waals surface area contributed by atoms with Gasteiger partial charge in [0.05, 0.1) is 0 Å². The third kappa shape index (κ3) is 3.61. The molecule has 0 N–H and O–H groups in total. The SMILES string of the molecule is c1cc(-c2ccc3oc4ccc5c6c7ccccc7ccc6c6ccccc6c5c4c3c2)cc(-c2cccc3c2sc2ccccc23)c1. The van der Waals surface area contributed by atoms with Crippen LogP contribution in [0.25, 0.3) is 107 Å². The summed E-state index contributed by atoms with van der Waals surface area (Å²) in [7, 11) is 0. The van der Waals surface area contributed by atoms with E-state index in [-0.39, 0.29) is 0 Å². The molecule has 0 saturated carbocycles. The predicted molar refractivity (Wildman–Crippen MR) is 208 cm³/mol. The maximum atomic E-state index is 6.57. The fourth-order valence-electron chi connectivity index (χ4n) is 8.10. The van der Waals surface area contributed by atoms with Crippen LogP contribution in [-0.2, 0) is 0 Å². The molecule has 1 nitrogen and oxygen atoms in total. The minimum atomic E-state index is 0.912. The van der Waals surface area contributed by atoms with E-state index in [2.05, 4.69) is 158 Å². The molecule has 0 aliphatic heterocycles. The number of hydrogen-bond donors (Lipinski definition) is 0. The minimum Gasteiger partial charge on any atom is -0.456 e. The van der Waals surface area contributed by atoms with Crippen molar-refractivity contribution in [2.75, 3.05) is 0 Å². The van der Waals surface area contributed by atoms with E-state index in [4.69, 9.17) is 4.42 Å². The summed E-state index contributed by atoms with van der Waals surface area (Å²) >= 11 is 1.88. The Morgan fingerprint density at radius 2 is 1.04 bits per heavy atom. The highest BCUT2D eigenvalue weighted by molar-refractivity contribution is 7.26. The first-order valence-corrected chi connectivity index (χ1v) is 17.2. The van der Waals surface area contributed by atoms with Gasteiger partial charge in [-0.15, -0.1) is 11.3 Å². The molecule has 2 heterocycles. The predicted octanol–water partition coefficient (Wildman–Crippen LogP) is 13.9. The first kappa shape index (κ1) is 26.1. The van der Waals surface area contributed by atoms with E-state index in [1.165, 1.54) is 90.9 Å². The highest BCUT2D eigenvalue weighted by atomic mass is 32.1. The lowest BCUT2D eigenvalue weighted by molar-refractivity contribution is 0.669. The number of fused-ring (bicyclic) bond motifs is 15. The lowest BCUT2D eigenvalue weighted by Crippen LogP contribution is -1.86. The molecule has 11 rings (SSSR count). The van der Waals surface area contributed by atoms with Gasteiger partial charge in [-0.3, -0.25) is 0 Å². The number of benzene rings is 9. The van der Waals surface area contributed by atoms with E-state index in [1.807, 2.05) is 11.3 Å². The molecule has 0 atom stereocenters. The zero-order valence-electron chi connectivity index (χ0n) is 25.8. The monoisotopic (exact) mass is 626 g/mol. The normalized spacial score (nSPS) is 12.2. The van der Waals surface area contributed by atoms with E-state index < -0.39 is 0 Å². The number of furan rings is 1. The molecule has 0 bridgehead atoms. The molecule has 0 aliphatic rings. The zero-order chi connectivity index (χ0) is 31.3. The van der Waals surface area contributed by atoms with Crippen LogP contribution in [0.1, 0.15) is 0 Å². The summed E-state index contributed by atoms with van der Waals surface area (Å²) in [5.74, 6) is 0. The van der Waals surface area contributed by atoms with E-state index in [0.717, 1.165) is 16.6 Å². The molecule has 2 aromatic heterocycles. The lowest BCUT2D eigenvalue weighted by atomic mass is 9.89. The minimum absolute atomic E-state index is 0.912. The van der Waals surface area contributed by atoms with Crippen LogP contribution in [0.15, 0.2) is 162 Å². The summed E-state index contributed by atoms with van der Waals surface area (Å²) in [4.78, 5) is 0. The molecule has 0 saturated heterocycles. The quantitative estimate of drug-likeness (QED) is 0.174. The third-order valence-electron chi connectivity index (χ3n) is 10.2. The molecule has 0 spiro atoms. The van der Waals surface area contributed by atoms with Crippen molar-refractivity contribution in [3.63, 3.8) is 0 Å². The highest BCUT2D eigenvalue weighted by Crippen LogP contribution is 2.45. The van der Waals surface area contributed by atoms with Gasteiger partial charge in [-0.1, -0.05) is 121 Å². The van der Waals surface area contributed by atoms with Crippen LogP contribution >= 0.6 is 11.3 Å². The van der Waals surface area contributed by atoms with Crippen molar-refractivity contribution >= 4 is 96.5 Å². The Bertz CT molecular complexity index is 3120. The van der Waals surface area contributed by atoms with Crippen LogP contribution in [-0.4, -0.2) is 0 Å². The van der Waals surface area contributed by atoms with Gasteiger partial charge in [-0.2, -0.15) is 0 Å². The molecular formula is C46H26OS. The Hall–Kier alpha value is -5.96. The number of thiophene rings is 1. The van der Waals surface area contributed by atoms with Crippen molar-refractivity contribution in [3.8, 4) is 22.3 Å². The molecule has 0 unspecified atom stereocenters. The first-order chi connectivity index (χ1) is 23.8. The van der Waals surface area contributed by atoms with Gasteiger partial charge in [-0.25, -0.2) is 0 Å². The average Bonchev–Trinajstić information content (AvgIpc) is 3.73. The summed E-state index contributed by atoms with van der Waals surface area (Å²) < 4.78 is 9.24. The number of hydrogen-bond acceptors (Lipinski definition) is 2. The molecule has 2 heteroatoms. The molecule has 0 aliphatic carbocycles. The average molecular weight is 627 g/mol. The van der Waals surface area contributed by atoms with Gasteiger partial charge < -0.3 is 4.42 Å². The standard InChI is InChI=1S/C46H26OS/c1-2-12-31-27(9-1)19-21-36-33-13-3-4-15-35(33)44-38(43(31)36)22-24-41-45(44)39-26-29(20-23-40(39)47-41)28-10-7-11-30(25-28)32-16-8-17-37-34-14-5-6-18-42(34)48-46(32)37/h1-26H. The van der Waals surface area contributed by atoms with Gasteiger partial charge in [-0.05, 0) is 96.4 Å². The Morgan fingerprint density at radius 3 is 1.98 bits per heavy atom. The van der Waals surface area contributed by atoms with Gasteiger partial charge in [0.15, 0.2) is 0 Å². The van der Waals surface area contributed by atoms with Crippen LogP contribution in [0.5, 0.6) is 0 Å². The van der Waals surface area contributed by atoms with Crippen LogP contribution in [0.3, 0.4) is 0 Å². The van der Waals surface area contributed by atoms with Crippen LogP contribution in [0.4, 0.5) is 0 Å². The van der Waals surface area contributed by atoms with Gasteiger partial charge >= 0.3 is 0 Å². The first-order valence-electron chi connectivity index (χ1n) is 16.4. The Morgan fingerprint density at radius 1 is 0.354 bits per heavy atom. The maximum Gasteiger partial charge on any atom is 0.136 e. The summed E-state index contributed by atoms with van der Waals surface area (Å²) in [6, 6.07) is 57.7. The molecular weight excluding hydrogens is 601 g/mol. The second kappa shape index (κ2) is 9.78. The lowest BCUT2D eigenvalue weighted by Gasteiger charge is -2.13. The van der Waals surface area contributed by atoms with Gasteiger partial charge in [0.1, 0.15) is 11.2 Å². The van der Waals surface area contributed by atoms with E-state index in [1.54, 1.807) is 0 Å². The fourth-order valence-corrected chi connectivity index (χ4v) is 9.34. The summed E-state index contributed by atoms with van der Waals surface area (Å²) in [5, 5.41) is 15.2. The fraction of sp³-hybridized carbons (Fsp3) is 0. The van der Waals surface area contributed by atoms with Gasteiger partial charge in [0.25, 0.3) is 0 Å². The van der Waals surface area contributed by atoms with E-state index >= 15 is 0 Å². The van der Waals surface area contributed by atoms with Crippen LogP contribution < -0.4 is 0 Å². The Balaban J connectivity index is 1.18. The Kier molecular flexibility index (Phi) is 5.32. The summed E-state index contributed by atoms with van der Waals surface area (Å²) in [6.07, 6.45) is 0. The van der Waals surface area contributed by atoms with E-state index in [9.17, 15) is 0 Å². The smallest absolute Gasteiger partial charge is 0.136 e. The largest absolute Gasteiger partial charge is 0.456 e. The third-order valence-corrected chi connectivity index (χ3v) is 11.5.